The molecule has 2 amide bonds. The van der Waals surface area contributed by atoms with Crippen LogP contribution < -0.4 is 15.4 Å². The number of amides is 2. The number of rotatable bonds is 6. The second-order valence-electron chi connectivity index (χ2n) is 7.14. The minimum absolute atomic E-state index is 0.0491. The fraction of sp³-hybridized carbons (Fsp3) is 0.364. The zero-order valence-electron chi connectivity index (χ0n) is 16.0. The highest BCUT2D eigenvalue weighted by molar-refractivity contribution is 5.74. The predicted octanol–water partition coefficient (Wildman–Crippen LogP) is 3.80. The van der Waals surface area contributed by atoms with Crippen molar-refractivity contribution in [3.05, 3.63) is 54.1 Å². The van der Waals surface area contributed by atoms with Gasteiger partial charge in [-0.05, 0) is 54.5 Å². The van der Waals surface area contributed by atoms with Gasteiger partial charge in [-0.2, -0.15) is 0 Å². The van der Waals surface area contributed by atoms with E-state index >= 15 is 0 Å². The van der Waals surface area contributed by atoms with Crippen LogP contribution in [0.2, 0.25) is 0 Å². The van der Waals surface area contributed by atoms with Crippen LogP contribution in [0.5, 0.6) is 5.75 Å². The molecule has 1 aliphatic carbocycles. The monoisotopic (exact) mass is 382 g/mol. The highest BCUT2D eigenvalue weighted by Gasteiger charge is 2.26. The van der Waals surface area contributed by atoms with Gasteiger partial charge in [0.15, 0.2) is 0 Å². The number of carboxylic acid groups (broad SMARTS) is 1. The molecule has 6 heteroatoms. The number of ether oxygens (including phenoxy) is 1. The van der Waals surface area contributed by atoms with Gasteiger partial charge in [0.25, 0.3) is 0 Å². The molecule has 0 unspecified atom stereocenters. The summed E-state index contributed by atoms with van der Waals surface area (Å²) in [6.45, 7) is 0.444. The van der Waals surface area contributed by atoms with E-state index in [4.69, 9.17) is 9.84 Å². The Morgan fingerprint density at radius 3 is 2.07 bits per heavy atom. The third-order valence-electron chi connectivity index (χ3n) is 5.24. The molecule has 2 aromatic rings. The van der Waals surface area contributed by atoms with E-state index < -0.39 is 5.97 Å². The number of methoxy groups -OCH3 is 1. The Morgan fingerprint density at radius 1 is 0.964 bits per heavy atom. The van der Waals surface area contributed by atoms with Gasteiger partial charge in [0.1, 0.15) is 5.75 Å². The smallest absolute Gasteiger partial charge is 0.315 e. The van der Waals surface area contributed by atoms with Gasteiger partial charge in [0, 0.05) is 12.6 Å². The molecule has 0 spiro atoms. The molecule has 0 atom stereocenters. The molecule has 148 valence electrons. The van der Waals surface area contributed by atoms with Crippen molar-refractivity contribution in [2.24, 2.45) is 5.92 Å². The summed E-state index contributed by atoms with van der Waals surface area (Å²) in [6.07, 6.45) is 2.65. The lowest BCUT2D eigenvalue weighted by Crippen LogP contribution is -2.43. The number of urea groups is 1. The molecule has 28 heavy (non-hydrogen) atoms. The quantitative estimate of drug-likeness (QED) is 0.709. The number of aliphatic carboxylic acids is 1. The summed E-state index contributed by atoms with van der Waals surface area (Å²) >= 11 is 0. The largest absolute Gasteiger partial charge is 0.497 e. The Kier molecular flexibility index (Phi) is 6.53. The van der Waals surface area contributed by atoms with Crippen molar-refractivity contribution in [2.45, 2.75) is 38.3 Å². The Morgan fingerprint density at radius 2 is 1.54 bits per heavy atom. The van der Waals surface area contributed by atoms with Crippen molar-refractivity contribution in [3.8, 4) is 16.9 Å². The lowest BCUT2D eigenvalue weighted by atomic mass is 9.86. The lowest BCUT2D eigenvalue weighted by molar-refractivity contribution is -0.142. The fourth-order valence-electron chi connectivity index (χ4n) is 3.50. The number of carbonyl (C=O) groups is 2. The molecule has 0 bridgehead atoms. The first-order chi connectivity index (χ1) is 13.5. The highest BCUT2D eigenvalue weighted by atomic mass is 16.5. The van der Waals surface area contributed by atoms with Crippen LogP contribution in [-0.4, -0.2) is 30.3 Å². The average Bonchev–Trinajstić information content (AvgIpc) is 2.73. The third kappa shape index (κ3) is 5.25. The van der Waals surface area contributed by atoms with Crippen molar-refractivity contribution in [1.29, 1.82) is 0 Å². The van der Waals surface area contributed by atoms with E-state index in [1.165, 1.54) is 0 Å². The number of nitrogens with one attached hydrogen (secondary N) is 2. The summed E-state index contributed by atoms with van der Waals surface area (Å²) in [6, 6.07) is 15.8. The van der Waals surface area contributed by atoms with Crippen LogP contribution in [0.1, 0.15) is 31.2 Å². The van der Waals surface area contributed by atoms with Gasteiger partial charge in [-0.25, -0.2) is 4.79 Å². The minimum atomic E-state index is -0.735. The summed E-state index contributed by atoms with van der Waals surface area (Å²) in [5.74, 6) is -0.182. The first-order valence-electron chi connectivity index (χ1n) is 9.55. The van der Waals surface area contributed by atoms with Crippen molar-refractivity contribution in [3.63, 3.8) is 0 Å². The molecule has 1 saturated carbocycles. The first kappa shape index (κ1) is 19.7. The van der Waals surface area contributed by atoms with Gasteiger partial charge in [-0.1, -0.05) is 36.4 Å². The van der Waals surface area contributed by atoms with Crippen molar-refractivity contribution < 1.29 is 19.4 Å². The van der Waals surface area contributed by atoms with Crippen LogP contribution in [0.4, 0.5) is 4.79 Å². The number of carbonyl (C=O) groups excluding carboxylic acids is 1. The molecule has 3 rings (SSSR count). The zero-order chi connectivity index (χ0) is 19.9. The normalized spacial score (nSPS) is 18.9. The number of carboxylic acids is 1. The zero-order valence-corrected chi connectivity index (χ0v) is 16.0. The molecule has 0 radical (unpaired) electrons. The van der Waals surface area contributed by atoms with E-state index in [-0.39, 0.29) is 18.0 Å². The minimum Gasteiger partial charge on any atom is -0.497 e. The fourth-order valence-corrected chi connectivity index (χ4v) is 3.50. The molecule has 3 N–H and O–H groups in total. The van der Waals surface area contributed by atoms with E-state index in [1.807, 2.05) is 48.5 Å². The second kappa shape index (κ2) is 9.26. The predicted molar refractivity (Wildman–Crippen MR) is 107 cm³/mol. The average molecular weight is 382 g/mol. The molecule has 0 aliphatic heterocycles. The van der Waals surface area contributed by atoms with Crippen LogP contribution in [0.25, 0.3) is 11.1 Å². The maximum atomic E-state index is 12.1. The van der Waals surface area contributed by atoms with Crippen LogP contribution >= 0.6 is 0 Å². The van der Waals surface area contributed by atoms with Gasteiger partial charge < -0.3 is 20.5 Å². The summed E-state index contributed by atoms with van der Waals surface area (Å²) in [5.41, 5.74) is 3.23. The van der Waals surface area contributed by atoms with E-state index in [1.54, 1.807) is 7.11 Å². The maximum Gasteiger partial charge on any atom is 0.315 e. The van der Waals surface area contributed by atoms with Crippen LogP contribution in [-0.2, 0) is 11.3 Å². The van der Waals surface area contributed by atoms with Gasteiger partial charge >= 0.3 is 12.0 Å². The molecule has 1 fully saturated rings. The van der Waals surface area contributed by atoms with Crippen LogP contribution in [0.15, 0.2) is 48.5 Å². The number of benzene rings is 2. The first-order valence-corrected chi connectivity index (χ1v) is 9.55. The maximum absolute atomic E-state index is 12.1. The van der Waals surface area contributed by atoms with Crippen molar-refractivity contribution >= 4 is 12.0 Å². The molecule has 0 aromatic heterocycles. The summed E-state index contributed by atoms with van der Waals surface area (Å²) in [4.78, 5) is 23.1. The van der Waals surface area contributed by atoms with Gasteiger partial charge in [0.05, 0.1) is 13.0 Å². The molecule has 2 aromatic carbocycles. The third-order valence-corrected chi connectivity index (χ3v) is 5.24. The van der Waals surface area contributed by atoms with Gasteiger partial charge in [-0.15, -0.1) is 0 Å². The molecule has 0 heterocycles. The van der Waals surface area contributed by atoms with Gasteiger partial charge in [-0.3, -0.25) is 4.79 Å². The lowest BCUT2D eigenvalue weighted by Gasteiger charge is -2.26. The van der Waals surface area contributed by atoms with E-state index in [2.05, 4.69) is 10.6 Å². The summed E-state index contributed by atoms with van der Waals surface area (Å²) < 4.78 is 5.18. The molecular formula is C22H26N2O4. The topological polar surface area (TPSA) is 87.7 Å². The highest BCUT2D eigenvalue weighted by Crippen LogP contribution is 2.24. The second-order valence-corrected chi connectivity index (χ2v) is 7.14. The van der Waals surface area contributed by atoms with E-state index in [9.17, 15) is 9.59 Å². The van der Waals surface area contributed by atoms with Crippen LogP contribution in [0.3, 0.4) is 0 Å². The standard InChI is InChI=1S/C22H26N2O4/c1-28-20-12-8-17(9-13-20)16-4-2-15(3-5-16)14-23-22(27)24-19-10-6-18(7-11-19)21(25)26/h2-5,8-9,12-13,18-19H,6-7,10-11,14H2,1H3,(H,25,26)(H2,23,24,27). The molecule has 1 aliphatic rings. The van der Waals surface area contributed by atoms with Crippen LogP contribution in [0, 0.1) is 5.92 Å². The SMILES string of the molecule is COc1ccc(-c2ccc(CNC(=O)NC3CCC(C(=O)O)CC3)cc2)cc1. The Balaban J connectivity index is 1.45. The summed E-state index contributed by atoms with van der Waals surface area (Å²) in [5, 5.41) is 14.8. The summed E-state index contributed by atoms with van der Waals surface area (Å²) in [7, 11) is 1.65. The van der Waals surface area contributed by atoms with E-state index in [0.717, 1.165) is 22.4 Å². The van der Waals surface area contributed by atoms with E-state index in [0.29, 0.717) is 32.2 Å². The molecule has 0 saturated heterocycles. The Hall–Kier alpha value is -3.02. The molecule has 6 nitrogen and oxygen atoms in total. The van der Waals surface area contributed by atoms with Gasteiger partial charge in [0.2, 0.25) is 0 Å². The Bertz CT molecular complexity index is 794. The number of hydrogen-bond acceptors (Lipinski definition) is 3. The molecular weight excluding hydrogens is 356 g/mol. The van der Waals surface area contributed by atoms with Crippen molar-refractivity contribution in [2.75, 3.05) is 7.11 Å². The van der Waals surface area contributed by atoms with Crippen molar-refractivity contribution in [1.82, 2.24) is 10.6 Å². The Labute approximate surface area is 164 Å². The number of hydrogen-bond donors (Lipinski definition) is 3.